The highest BCUT2D eigenvalue weighted by atomic mass is 32.2. The summed E-state index contributed by atoms with van der Waals surface area (Å²) in [6, 6.07) is 0. The Morgan fingerprint density at radius 2 is 1.03 bits per heavy atom. The van der Waals surface area contributed by atoms with E-state index in [0.717, 1.165) is 119 Å². The first kappa shape index (κ1) is 63.5. The molecule has 9 unspecified atom stereocenters. The molecule has 1 aliphatic carbocycles. The van der Waals surface area contributed by atoms with Crippen LogP contribution >= 0.6 is 23.5 Å². The van der Waals surface area contributed by atoms with Gasteiger partial charge in [0.15, 0.2) is 5.79 Å². The van der Waals surface area contributed by atoms with E-state index in [1.165, 1.54) is 87.2 Å². The molecule has 7 heterocycles. The van der Waals surface area contributed by atoms with Gasteiger partial charge >= 0.3 is 0 Å². The summed E-state index contributed by atoms with van der Waals surface area (Å²) in [5.74, 6) is 14.4. The van der Waals surface area contributed by atoms with E-state index in [2.05, 4.69) is 78.9 Å². The van der Waals surface area contributed by atoms with Crippen molar-refractivity contribution in [3.05, 3.63) is 0 Å². The van der Waals surface area contributed by atoms with Crippen molar-refractivity contribution in [2.24, 2.45) is 65.1 Å². The number of ether oxygens (including phenoxy) is 6. The lowest BCUT2D eigenvalue weighted by Gasteiger charge is -2.33. The SMILES string of the molecule is C.C.C.CC1CCCOC1.CC1CCOCC1C1CC1.CC1CCOCC1F.CC1CCSCC1.CC1CCSCC1C.CC1COC(C)(C)OC1.CCC1COCCC1C. The summed E-state index contributed by atoms with van der Waals surface area (Å²) >= 11 is 4.21. The molecule has 6 nitrogen and oxygen atoms in total. The third-order valence-corrected chi connectivity index (χ3v) is 15.7. The first-order valence-electron chi connectivity index (χ1n) is 24.1. The zero-order chi connectivity index (χ0) is 42.8. The highest BCUT2D eigenvalue weighted by Crippen LogP contribution is 2.42. The third kappa shape index (κ3) is 31.1. The van der Waals surface area contributed by atoms with Crippen molar-refractivity contribution in [3.8, 4) is 0 Å². The average Bonchev–Trinajstić information content (AvgIpc) is 4.07. The monoisotopic (exact) mass is 911 g/mol. The standard InChI is InChI=1S/C9H16O.C8H16O.C7H14O2.C7H14S.C6H11FO.C6H12O.C6H12S.3CH4/c1-7-4-5-10-6-9(7)8-2-3-8;1-3-8-6-9-5-4-7(8)2;1-6-4-8-7(2,3)9-5-6;1-6-3-4-8-5-7(6)2;1-5-2-3-8-4-6(5)7;1-6-3-2-4-7-5-6;1-6-2-4-7-5-3-6;;;/h7-9H,2-6H2,1H3;7-8H,3-6H2,1-2H3;6H,4-5H2,1-3H3;6-7H,3-5H2,1-2H3;5-6H,2-4H2,1H3;2*6H,2-5H2,1H3;3*1H4. The van der Waals surface area contributed by atoms with Crippen LogP contribution in [0.1, 0.15) is 169 Å². The van der Waals surface area contributed by atoms with Gasteiger partial charge in [0.05, 0.1) is 19.8 Å². The number of halogens is 1. The van der Waals surface area contributed by atoms with Gasteiger partial charge in [-0.2, -0.15) is 23.5 Å². The van der Waals surface area contributed by atoms with Gasteiger partial charge in [0, 0.05) is 52.2 Å². The second-order valence-electron chi connectivity index (χ2n) is 19.8. The van der Waals surface area contributed by atoms with E-state index in [-0.39, 0.29) is 34.0 Å². The maximum absolute atomic E-state index is 12.5. The van der Waals surface area contributed by atoms with Crippen molar-refractivity contribution in [3.63, 3.8) is 0 Å². The largest absolute Gasteiger partial charge is 0.381 e. The van der Waals surface area contributed by atoms with Gasteiger partial charge < -0.3 is 28.4 Å². The van der Waals surface area contributed by atoms with Crippen molar-refractivity contribution in [2.45, 2.75) is 181 Å². The summed E-state index contributed by atoms with van der Waals surface area (Å²) in [5.41, 5.74) is 0. The molecule has 8 fully saturated rings. The van der Waals surface area contributed by atoms with E-state index in [1.807, 2.05) is 20.8 Å². The minimum absolute atomic E-state index is 0. The molecule has 8 rings (SSSR count). The first-order valence-corrected chi connectivity index (χ1v) is 26.4. The molecule has 9 atom stereocenters. The van der Waals surface area contributed by atoms with Gasteiger partial charge in [-0.05, 0) is 160 Å². The number of thioether (sulfide) groups is 2. The van der Waals surface area contributed by atoms with Crippen LogP contribution in [-0.2, 0) is 28.4 Å². The van der Waals surface area contributed by atoms with Crippen LogP contribution in [0.5, 0.6) is 0 Å². The van der Waals surface area contributed by atoms with Crippen LogP contribution in [0.25, 0.3) is 0 Å². The molecule has 0 radical (unpaired) electrons. The molecule has 9 heteroatoms. The smallest absolute Gasteiger partial charge is 0.162 e. The van der Waals surface area contributed by atoms with E-state index in [9.17, 15) is 4.39 Å². The lowest BCUT2D eigenvalue weighted by atomic mass is 9.86. The van der Waals surface area contributed by atoms with Crippen molar-refractivity contribution in [1.29, 1.82) is 0 Å². The zero-order valence-corrected chi connectivity index (χ0v) is 41.4. The number of hydrogen-bond acceptors (Lipinski definition) is 8. The lowest BCUT2D eigenvalue weighted by Crippen LogP contribution is -2.38. The van der Waals surface area contributed by atoms with Gasteiger partial charge in [0.25, 0.3) is 0 Å². The molecule has 0 bridgehead atoms. The van der Waals surface area contributed by atoms with Gasteiger partial charge in [0.2, 0.25) is 0 Å². The molecule has 7 saturated heterocycles. The summed E-state index contributed by atoms with van der Waals surface area (Å²) < 4.78 is 44.0. The van der Waals surface area contributed by atoms with Crippen LogP contribution in [0.3, 0.4) is 0 Å². The topological polar surface area (TPSA) is 55.4 Å². The van der Waals surface area contributed by atoms with Gasteiger partial charge in [-0.25, -0.2) is 4.39 Å². The molecule has 0 amide bonds. The summed E-state index contributed by atoms with van der Waals surface area (Å²) in [6.07, 6.45) is 13.9. The maximum Gasteiger partial charge on any atom is 0.162 e. The minimum Gasteiger partial charge on any atom is -0.381 e. The average molecular weight is 912 g/mol. The quantitative estimate of drug-likeness (QED) is 0.272. The second kappa shape index (κ2) is 37.5. The van der Waals surface area contributed by atoms with E-state index in [4.69, 9.17) is 28.4 Å². The predicted molar refractivity (Wildman–Crippen MR) is 269 cm³/mol. The molecular formula is C52H107FO6S2. The van der Waals surface area contributed by atoms with E-state index < -0.39 is 6.17 Å². The molecule has 0 aromatic carbocycles. The molecule has 0 aromatic heterocycles. The maximum atomic E-state index is 12.5. The fourth-order valence-corrected chi connectivity index (χ4v) is 10.5. The van der Waals surface area contributed by atoms with E-state index in [1.54, 1.807) is 0 Å². The Morgan fingerprint density at radius 1 is 0.492 bits per heavy atom. The highest BCUT2D eigenvalue weighted by molar-refractivity contribution is 7.99. The molecule has 0 N–H and O–H groups in total. The molecule has 1 saturated carbocycles. The van der Waals surface area contributed by atoms with Gasteiger partial charge in [-0.1, -0.05) is 91.0 Å². The van der Waals surface area contributed by atoms with Gasteiger partial charge in [-0.15, -0.1) is 0 Å². The number of hydrogen-bond donors (Lipinski definition) is 0. The van der Waals surface area contributed by atoms with Crippen LogP contribution < -0.4 is 0 Å². The fraction of sp³-hybridized carbons (Fsp3) is 1.00. The Kier molecular flexibility index (Phi) is 39.0. The summed E-state index contributed by atoms with van der Waals surface area (Å²) in [7, 11) is 0. The van der Waals surface area contributed by atoms with Crippen molar-refractivity contribution in [1.82, 2.24) is 0 Å². The first-order chi connectivity index (χ1) is 27.7. The van der Waals surface area contributed by atoms with Crippen LogP contribution in [0.15, 0.2) is 0 Å². The number of alkyl halides is 1. The van der Waals surface area contributed by atoms with E-state index in [0.29, 0.717) is 12.5 Å². The minimum atomic E-state index is -0.719. The molecule has 7 aliphatic heterocycles. The Bertz CT molecular complexity index is 896. The van der Waals surface area contributed by atoms with Crippen molar-refractivity contribution >= 4 is 23.5 Å². The molecule has 61 heavy (non-hydrogen) atoms. The van der Waals surface area contributed by atoms with Gasteiger partial charge in [-0.3, -0.25) is 0 Å². The van der Waals surface area contributed by atoms with Crippen LogP contribution in [0, 0.1) is 65.1 Å². The Morgan fingerprint density at radius 3 is 1.38 bits per heavy atom. The highest BCUT2D eigenvalue weighted by Gasteiger charge is 2.36. The normalized spacial score (nSPS) is 33.5. The zero-order valence-electron chi connectivity index (χ0n) is 39.7. The van der Waals surface area contributed by atoms with Crippen LogP contribution in [-0.4, -0.2) is 101 Å². The molecule has 370 valence electrons. The fourth-order valence-electron chi connectivity index (χ4n) is 7.71. The summed E-state index contributed by atoms with van der Waals surface area (Å²) in [6.45, 7) is 32.9. The molecule has 0 aromatic rings. The molecule has 0 spiro atoms. The van der Waals surface area contributed by atoms with Crippen molar-refractivity contribution in [2.75, 3.05) is 89.1 Å². The molecular weight excluding hydrogens is 804 g/mol. The summed E-state index contributed by atoms with van der Waals surface area (Å²) in [4.78, 5) is 0. The van der Waals surface area contributed by atoms with Crippen LogP contribution in [0.2, 0.25) is 0 Å². The Hall–Kier alpha value is 0.390. The Labute approximate surface area is 389 Å². The number of rotatable bonds is 2. The lowest BCUT2D eigenvalue weighted by molar-refractivity contribution is -0.259. The molecule has 8 aliphatic rings. The van der Waals surface area contributed by atoms with Crippen molar-refractivity contribution < 1.29 is 32.8 Å². The third-order valence-electron chi connectivity index (χ3n) is 13.4. The predicted octanol–water partition coefficient (Wildman–Crippen LogP) is 14.8. The van der Waals surface area contributed by atoms with E-state index >= 15 is 0 Å². The summed E-state index contributed by atoms with van der Waals surface area (Å²) in [5, 5.41) is 0. The second-order valence-corrected chi connectivity index (χ2v) is 22.1. The van der Waals surface area contributed by atoms with Crippen LogP contribution in [0.4, 0.5) is 4.39 Å². The Balaban J connectivity index is 0. The van der Waals surface area contributed by atoms with Gasteiger partial charge in [0.1, 0.15) is 6.17 Å².